The van der Waals surface area contributed by atoms with Crippen molar-refractivity contribution in [2.75, 3.05) is 7.11 Å². The number of para-hydroxylation sites is 1. The van der Waals surface area contributed by atoms with E-state index < -0.39 is 0 Å². The second-order valence-electron chi connectivity index (χ2n) is 3.52. The van der Waals surface area contributed by atoms with Crippen molar-refractivity contribution in [3.05, 3.63) is 45.7 Å². The molecule has 0 radical (unpaired) electrons. The van der Waals surface area contributed by atoms with Crippen LogP contribution in [0.3, 0.4) is 0 Å². The third-order valence-electron chi connectivity index (χ3n) is 2.38. The van der Waals surface area contributed by atoms with Crippen molar-refractivity contribution < 1.29 is 4.74 Å². The topological polar surface area (TPSA) is 50.8 Å². The monoisotopic (exact) mass is 281 g/mol. The van der Waals surface area contributed by atoms with Crippen molar-refractivity contribution in [3.63, 3.8) is 0 Å². The molecule has 0 aliphatic carbocycles. The quantitative estimate of drug-likeness (QED) is 0.868. The summed E-state index contributed by atoms with van der Waals surface area (Å²) in [6.45, 7) is 0.222. The molecule has 2 aromatic rings. The van der Waals surface area contributed by atoms with Crippen LogP contribution in [0, 0.1) is 11.3 Å². The first kappa shape index (κ1) is 12.9. The van der Waals surface area contributed by atoms with E-state index in [4.69, 9.17) is 33.2 Å². The smallest absolute Gasteiger partial charge is 0.151 e. The van der Waals surface area contributed by atoms with E-state index >= 15 is 0 Å². The number of hydrogen-bond donors (Lipinski definition) is 0. The molecule has 4 nitrogen and oxygen atoms in total. The van der Waals surface area contributed by atoms with E-state index in [1.54, 1.807) is 12.1 Å². The molecule has 0 bridgehead atoms. The number of benzene rings is 1. The Morgan fingerprint density at radius 1 is 1.39 bits per heavy atom. The highest BCUT2D eigenvalue weighted by Gasteiger charge is 2.18. The largest absolute Gasteiger partial charge is 0.378 e. The fourth-order valence-corrected chi connectivity index (χ4v) is 2.07. The summed E-state index contributed by atoms with van der Waals surface area (Å²) in [7, 11) is 1.53. The Kier molecular flexibility index (Phi) is 3.87. The standard InChI is InChI=1S/C12H9Cl2N3O/c1-18-7-10-8(6-15)12(14)17(16-10)11-5-3-2-4-9(11)13/h2-5H,7H2,1H3. The molecule has 1 aromatic heterocycles. The van der Waals surface area contributed by atoms with Crippen molar-refractivity contribution in [2.45, 2.75) is 6.61 Å². The molecule has 0 amide bonds. The summed E-state index contributed by atoms with van der Waals surface area (Å²) in [6, 6.07) is 9.16. The molecule has 0 aliphatic rings. The SMILES string of the molecule is COCc1nn(-c2ccccc2Cl)c(Cl)c1C#N. The summed E-state index contributed by atoms with van der Waals surface area (Å²) in [4.78, 5) is 0. The number of ether oxygens (including phenoxy) is 1. The summed E-state index contributed by atoms with van der Waals surface area (Å²) >= 11 is 12.2. The van der Waals surface area contributed by atoms with Crippen LogP contribution in [0.25, 0.3) is 5.69 Å². The Hall–Kier alpha value is -1.54. The maximum Gasteiger partial charge on any atom is 0.151 e. The van der Waals surface area contributed by atoms with E-state index in [1.807, 2.05) is 18.2 Å². The van der Waals surface area contributed by atoms with Gasteiger partial charge in [0, 0.05) is 7.11 Å². The molecule has 1 heterocycles. The van der Waals surface area contributed by atoms with Crippen LogP contribution < -0.4 is 0 Å². The second-order valence-corrected chi connectivity index (χ2v) is 4.29. The van der Waals surface area contributed by atoms with Crippen LogP contribution in [0.2, 0.25) is 10.2 Å². The molecule has 0 unspecified atom stereocenters. The van der Waals surface area contributed by atoms with Crippen molar-refractivity contribution in [1.29, 1.82) is 5.26 Å². The average molecular weight is 282 g/mol. The first-order chi connectivity index (χ1) is 8.69. The maximum absolute atomic E-state index is 9.08. The molecule has 0 fully saturated rings. The van der Waals surface area contributed by atoms with Gasteiger partial charge in [0.05, 0.1) is 17.3 Å². The Labute approximate surface area is 114 Å². The third kappa shape index (κ3) is 2.21. The van der Waals surface area contributed by atoms with Gasteiger partial charge in [-0.25, -0.2) is 4.68 Å². The lowest BCUT2D eigenvalue weighted by molar-refractivity contribution is 0.181. The van der Waals surface area contributed by atoms with Gasteiger partial charge in [0.2, 0.25) is 0 Å². The van der Waals surface area contributed by atoms with E-state index in [9.17, 15) is 0 Å². The predicted octanol–water partition coefficient (Wildman–Crippen LogP) is 3.20. The number of hydrogen-bond acceptors (Lipinski definition) is 3. The van der Waals surface area contributed by atoms with Gasteiger partial charge in [-0.2, -0.15) is 10.4 Å². The Balaban J connectivity index is 2.60. The van der Waals surface area contributed by atoms with E-state index in [-0.39, 0.29) is 11.8 Å². The van der Waals surface area contributed by atoms with Crippen LogP contribution in [0.5, 0.6) is 0 Å². The van der Waals surface area contributed by atoms with Crippen LogP contribution in [-0.2, 0) is 11.3 Å². The second kappa shape index (κ2) is 5.40. The lowest BCUT2D eigenvalue weighted by atomic mass is 10.3. The fourth-order valence-electron chi connectivity index (χ4n) is 1.57. The van der Waals surface area contributed by atoms with E-state index in [1.165, 1.54) is 11.8 Å². The Morgan fingerprint density at radius 3 is 2.72 bits per heavy atom. The van der Waals surface area contributed by atoms with Gasteiger partial charge in [-0.1, -0.05) is 35.3 Å². The number of aromatic nitrogens is 2. The minimum atomic E-state index is 0.222. The molecular formula is C12H9Cl2N3O. The van der Waals surface area contributed by atoms with Gasteiger partial charge >= 0.3 is 0 Å². The van der Waals surface area contributed by atoms with Crippen molar-refractivity contribution >= 4 is 23.2 Å². The highest BCUT2D eigenvalue weighted by molar-refractivity contribution is 6.33. The zero-order valence-corrected chi connectivity index (χ0v) is 11.0. The Bertz CT molecular complexity index is 616. The van der Waals surface area contributed by atoms with Gasteiger partial charge in [0.1, 0.15) is 17.3 Å². The average Bonchev–Trinajstić information content (AvgIpc) is 2.67. The van der Waals surface area contributed by atoms with Gasteiger partial charge in [-0.3, -0.25) is 0 Å². The number of nitriles is 1. The normalized spacial score (nSPS) is 10.3. The number of nitrogens with zero attached hydrogens (tertiary/aromatic N) is 3. The molecule has 0 N–H and O–H groups in total. The number of rotatable bonds is 3. The molecule has 0 spiro atoms. The molecule has 0 saturated heterocycles. The Morgan fingerprint density at radius 2 is 2.11 bits per heavy atom. The van der Waals surface area contributed by atoms with Crippen LogP contribution in [0.1, 0.15) is 11.3 Å². The minimum Gasteiger partial charge on any atom is -0.378 e. The van der Waals surface area contributed by atoms with Gasteiger partial charge in [0.25, 0.3) is 0 Å². The highest BCUT2D eigenvalue weighted by Crippen LogP contribution is 2.27. The summed E-state index contributed by atoms with van der Waals surface area (Å²) in [5, 5.41) is 14.1. The van der Waals surface area contributed by atoms with Gasteiger partial charge in [0.15, 0.2) is 5.15 Å². The number of methoxy groups -OCH3 is 1. The van der Waals surface area contributed by atoms with E-state index in [2.05, 4.69) is 5.10 Å². The zero-order chi connectivity index (χ0) is 13.1. The predicted molar refractivity (Wildman–Crippen MR) is 69.0 cm³/mol. The summed E-state index contributed by atoms with van der Waals surface area (Å²) < 4.78 is 6.43. The molecule has 92 valence electrons. The summed E-state index contributed by atoms with van der Waals surface area (Å²) in [6.07, 6.45) is 0. The fraction of sp³-hybridized carbons (Fsp3) is 0.167. The van der Waals surface area contributed by atoms with Gasteiger partial charge in [-0.15, -0.1) is 0 Å². The molecule has 0 aliphatic heterocycles. The van der Waals surface area contributed by atoms with Gasteiger partial charge < -0.3 is 4.74 Å². The lowest BCUT2D eigenvalue weighted by Crippen LogP contribution is -1.98. The summed E-state index contributed by atoms with van der Waals surface area (Å²) in [5.74, 6) is 0. The van der Waals surface area contributed by atoms with Crippen LogP contribution in [-0.4, -0.2) is 16.9 Å². The number of halogens is 2. The van der Waals surface area contributed by atoms with Gasteiger partial charge in [-0.05, 0) is 12.1 Å². The highest BCUT2D eigenvalue weighted by atomic mass is 35.5. The molecule has 0 atom stereocenters. The van der Waals surface area contributed by atoms with E-state index in [0.717, 1.165) is 0 Å². The maximum atomic E-state index is 9.08. The lowest BCUT2D eigenvalue weighted by Gasteiger charge is -2.04. The summed E-state index contributed by atoms with van der Waals surface area (Å²) in [5.41, 5.74) is 1.42. The van der Waals surface area contributed by atoms with Crippen molar-refractivity contribution in [3.8, 4) is 11.8 Å². The zero-order valence-electron chi connectivity index (χ0n) is 9.52. The first-order valence-electron chi connectivity index (χ1n) is 5.10. The van der Waals surface area contributed by atoms with Crippen molar-refractivity contribution in [2.24, 2.45) is 0 Å². The minimum absolute atomic E-state index is 0.222. The molecule has 18 heavy (non-hydrogen) atoms. The molecule has 1 aromatic carbocycles. The molecule has 0 saturated carbocycles. The van der Waals surface area contributed by atoms with Crippen LogP contribution in [0.4, 0.5) is 0 Å². The van der Waals surface area contributed by atoms with Crippen LogP contribution in [0.15, 0.2) is 24.3 Å². The third-order valence-corrected chi connectivity index (χ3v) is 3.04. The van der Waals surface area contributed by atoms with Crippen molar-refractivity contribution in [1.82, 2.24) is 9.78 Å². The molecule has 6 heteroatoms. The van der Waals surface area contributed by atoms with Crippen LogP contribution >= 0.6 is 23.2 Å². The molecule has 2 rings (SSSR count). The first-order valence-corrected chi connectivity index (χ1v) is 5.86. The molecular weight excluding hydrogens is 273 g/mol. The van der Waals surface area contributed by atoms with E-state index in [0.29, 0.717) is 22.0 Å².